The molecule has 0 aliphatic rings. The number of carboxylic acids is 3. The maximum Gasteiger partial charge on any atom is 0.306 e. The third-order valence-corrected chi connectivity index (χ3v) is 4.80. The Morgan fingerprint density at radius 2 is 1.33 bits per heavy atom. The summed E-state index contributed by atoms with van der Waals surface area (Å²) in [6.45, 7) is 2.12. The van der Waals surface area contributed by atoms with Gasteiger partial charge in [0.25, 0.3) is 0 Å². The molecular weight excluding hydrogens is 348 g/mol. The zero-order valence-corrected chi connectivity index (χ0v) is 15.9. The van der Waals surface area contributed by atoms with Crippen LogP contribution in [-0.2, 0) is 27.2 Å². The van der Waals surface area contributed by atoms with Gasteiger partial charge in [-0.05, 0) is 49.7 Å². The summed E-state index contributed by atoms with van der Waals surface area (Å²) in [6, 6.07) is 8.11. The average molecular weight is 378 g/mol. The van der Waals surface area contributed by atoms with Crippen LogP contribution in [0.25, 0.3) is 0 Å². The van der Waals surface area contributed by atoms with Gasteiger partial charge < -0.3 is 15.3 Å². The summed E-state index contributed by atoms with van der Waals surface area (Å²) in [7, 11) is 0. The Labute approximate surface area is 160 Å². The standard InChI is InChI=1S/C21H30O6/c1-2-5-15-8-10-16(11-9-15)12-13-18(21(26)27)14-17(20(24)25)6-3-4-7-19(22)23/h8-11,17-18H,2-7,12-14H2,1H3,(H,22,23)(H,24,25)(H,26,27)/t17?,18-/m1/s1. The van der Waals surface area contributed by atoms with Crippen LogP contribution in [0.2, 0.25) is 0 Å². The van der Waals surface area contributed by atoms with Gasteiger partial charge in [-0.25, -0.2) is 0 Å². The van der Waals surface area contributed by atoms with E-state index >= 15 is 0 Å². The molecule has 0 aliphatic heterocycles. The van der Waals surface area contributed by atoms with Crippen molar-refractivity contribution >= 4 is 17.9 Å². The van der Waals surface area contributed by atoms with Gasteiger partial charge in [-0.1, -0.05) is 44.0 Å². The Morgan fingerprint density at radius 3 is 1.81 bits per heavy atom. The quantitative estimate of drug-likeness (QED) is 0.422. The van der Waals surface area contributed by atoms with Crippen molar-refractivity contribution in [3.05, 3.63) is 35.4 Å². The van der Waals surface area contributed by atoms with Crippen LogP contribution in [-0.4, -0.2) is 33.2 Å². The van der Waals surface area contributed by atoms with Crippen molar-refractivity contribution in [2.24, 2.45) is 11.8 Å². The van der Waals surface area contributed by atoms with Crippen molar-refractivity contribution in [3.63, 3.8) is 0 Å². The molecule has 0 saturated heterocycles. The molecule has 1 unspecified atom stereocenters. The van der Waals surface area contributed by atoms with Crippen LogP contribution in [0.1, 0.15) is 63.0 Å². The minimum absolute atomic E-state index is 0.00270. The first-order valence-corrected chi connectivity index (χ1v) is 9.58. The lowest BCUT2D eigenvalue weighted by Gasteiger charge is -2.18. The summed E-state index contributed by atoms with van der Waals surface area (Å²) in [5.41, 5.74) is 2.30. The van der Waals surface area contributed by atoms with E-state index < -0.39 is 29.7 Å². The molecule has 6 heteroatoms. The lowest BCUT2D eigenvalue weighted by Crippen LogP contribution is -2.23. The number of hydrogen-bond acceptors (Lipinski definition) is 3. The fraction of sp³-hybridized carbons (Fsp3) is 0.571. The number of carbonyl (C=O) groups is 3. The minimum atomic E-state index is -1.01. The number of aliphatic carboxylic acids is 3. The molecule has 27 heavy (non-hydrogen) atoms. The Hall–Kier alpha value is -2.37. The predicted octanol–water partition coefficient (Wildman–Crippen LogP) is 4.01. The number of carboxylic acid groups (broad SMARTS) is 3. The smallest absolute Gasteiger partial charge is 0.306 e. The van der Waals surface area contributed by atoms with Gasteiger partial charge in [0.2, 0.25) is 0 Å². The van der Waals surface area contributed by atoms with E-state index in [1.54, 1.807) is 0 Å². The van der Waals surface area contributed by atoms with Crippen LogP contribution in [0.15, 0.2) is 24.3 Å². The molecule has 1 aromatic rings. The van der Waals surface area contributed by atoms with Crippen LogP contribution in [0.4, 0.5) is 0 Å². The van der Waals surface area contributed by atoms with E-state index in [2.05, 4.69) is 19.1 Å². The van der Waals surface area contributed by atoms with Crippen molar-refractivity contribution in [1.29, 1.82) is 0 Å². The summed E-state index contributed by atoms with van der Waals surface area (Å²) in [6.07, 6.45) is 4.32. The van der Waals surface area contributed by atoms with Crippen LogP contribution >= 0.6 is 0 Å². The SMILES string of the molecule is CCCc1ccc(CC[C@H](CC(CCCCC(=O)O)C(=O)O)C(=O)O)cc1. The summed E-state index contributed by atoms with van der Waals surface area (Å²) in [5, 5.41) is 27.5. The highest BCUT2D eigenvalue weighted by atomic mass is 16.4. The molecule has 0 bridgehead atoms. The van der Waals surface area contributed by atoms with E-state index in [0.29, 0.717) is 32.1 Å². The number of benzene rings is 1. The highest BCUT2D eigenvalue weighted by Gasteiger charge is 2.26. The van der Waals surface area contributed by atoms with Crippen LogP contribution in [0.5, 0.6) is 0 Å². The van der Waals surface area contributed by atoms with Crippen molar-refractivity contribution in [2.75, 3.05) is 0 Å². The fourth-order valence-electron chi connectivity index (χ4n) is 3.20. The van der Waals surface area contributed by atoms with Gasteiger partial charge in [-0.3, -0.25) is 14.4 Å². The topological polar surface area (TPSA) is 112 Å². The van der Waals surface area contributed by atoms with Crippen LogP contribution in [0.3, 0.4) is 0 Å². The molecule has 0 saturated carbocycles. The van der Waals surface area contributed by atoms with Gasteiger partial charge in [0, 0.05) is 6.42 Å². The minimum Gasteiger partial charge on any atom is -0.481 e. The lowest BCUT2D eigenvalue weighted by atomic mass is 9.87. The predicted molar refractivity (Wildman–Crippen MR) is 102 cm³/mol. The van der Waals surface area contributed by atoms with Gasteiger partial charge in [-0.15, -0.1) is 0 Å². The summed E-state index contributed by atoms with van der Waals surface area (Å²) in [4.78, 5) is 33.5. The molecule has 0 amide bonds. The van der Waals surface area contributed by atoms with Gasteiger partial charge in [0.1, 0.15) is 0 Å². The molecule has 1 aromatic carbocycles. The third-order valence-electron chi connectivity index (χ3n) is 4.80. The number of aryl methyl sites for hydroxylation is 2. The maximum atomic E-state index is 11.6. The average Bonchev–Trinajstić information content (AvgIpc) is 2.61. The van der Waals surface area contributed by atoms with Gasteiger partial charge in [-0.2, -0.15) is 0 Å². The third kappa shape index (κ3) is 9.22. The molecule has 0 radical (unpaired) electrons. The molecule has 3 N–H and O–H groups in total. The molecule has 0 spiro atoms. The van der Waals surface area contributed by atoms with E-state index in [0.717, 1.165) is 18.4 Å². The van der Waals surface area contributed by atoms with E-state index in [4.69, 9.17) is 5.11 Å². The second-order valence-corrected chi connectivity index (χ2v) is 7.05. The van der Waals surface area contributed by atoms with Gasteiger partial charge in [0.05, 0.1) is 11.8 Å². The summed E-state index contributed by atoms with van der Waals surface area (Å²) in [5.74, 6) is -4.38. The van der Waals surface area contributed by atoms with E-state index in [1.807, 2.05) is 12.1 Å². The van der Waals surface area contributed by atoms with E-state index in [-0.39, 0.29) is 12.8 Å². The van der Waals surface area contributed by atoms with Crippen LogP contribution < -0.4 is 0 Å². The Kier molecular flexibility index (Phi) is 10.2. The molecule has 6 nitrogen and oxygen atoms in total. The summed E-state index contributed by atoms with van der Waals surface area (Å²) >= 11 is 0. The van der Waals surface area contributed by atoms with E-state index in [1.165, 1.54) is 5.56 Å². The molecule has 0 fully saturated rings. The second-order valence-electron chi connectivity index (χ2n) is 7.05. The molecular formula is C21H30O6. The van der Waals surface area contributed by atoms with E-state index in [9.17, 15) is 24.6 Å². The van der Waals surface area contributed by atoms with Crippen molar-refractivity contribution in [3.8, 4) is 0 Å². The highest BCUT2D eigenvalue weighted by Crippen LogP contribution is 2.24. The Bertz CT molecular complexity index is 608. The Balaban J connectivity index is 2.57. The van der Waals surface area contributed by atoms with Gasteiger partial charge in [0.15, 0.2) is 0 Å². The molecule has 0 aliphatic carbocycles. The largest absolute Gasteiger partial charge is 0.481 e. The first-order chi connectivity index (χ1) is 12.8. The number of rotatable bonds is 14. The first kappa shape index (κ1) is 22.7. The second kappa shape index (κ2) is 12.1. The van der Waals surface area contributed by atoms with Crippen molar-refractivity contribution < 1.29 is 29.7 Å². The Morgan fingerprint density at radius 1 is 0.815 bits per heavy atom. The monoisotopic (exact) mass is 378 g/mol. The van der Waals surface area contributed by atoms with Gasteiger partial charge >= 0.3 is 17.9 Å². The first-order valence-electron chi connectivity index (χ1n) is 9.58. The summed E-state index contributed by atoms with van der Waals surface area (Å²) < 4.78 is 0. The zero-order chi connectivity index (χ0) is 20.2. The maximum absolute atomic E-state index is 11.6. The number of unbranched alkanes of at least 4 members (excludes halogenated alkanes) is 1. The van der Waals surface area contributed by atoms with Crippen molar-refractivity contribution in [2.45, 2.75) is 64.7 Å². The normalized spacial score (nSPS) is 13.1. The highest BCUT2D eigenvalue weighted by molar-refractivity contribution is 5.73. The van der Waals surface area contributed by atoms with Crippen LogP contribution in [0, 0.1) is 11.8 Å². The molecule has 150 valence electrons. The molecule has 0 aromatic heterocycles. The number of hydrogen-bond donors (Lipinski definition) is 3. The molecule has 0 heterocycles. The van der Waals surface area contributed by atoms with Crippen molar-refractivity contribution in [1.82, 2.24) is 0 Å². The molecule has 1 rings (SSSR count). The lowest BCUT2D eigenvalue weighted by molar-refractivity contribution is -0.146. The fourth-order valence-corrected chi connectivity index (χ4v) is 3.20. The zero-order valence-electron chi connectivity index (χ0n) is 15.9. The molecule has 2 atom stereocenters.